The van der Waals surface area contributed by atoms with Crippen molar-refractivity contribution < 1.29 is 9.72 Å². The van der Waals surface area contributed by atoms with Crippen molar-refractivity contribution in [2.24, 2.45) is 5.73 Å². The van der Waals surface area contributed by atoms with Crippen LogP contribution in [0.5, 0.6) is 0 Å². The van der Waals surface area contributed by atoms with Crippen LogP contribution in [0.3, 0.4) is 0 Å². The van der Waals surface area contributed by atoms with E-state index in [1.165, 1.54) is 12.1 Å². The van der Waals surface area contributed by atoms with Crippen LogP contribution in [0.1, 0.15) is 34.3 Å². The maximum absolute atomic E-state index is 12.0. The number of unbranched alkanes of at least 4 members (excludes halogenated alkanes) is 1. The molecule has 0 radical (unpaired) electrons. The first-order valence-electron chi connectivity index (χ1n) is 7.90. The molecule has 0 aromatic heterocycles. The summed E-state index contributed by atoms with van der Waals surface area (Å²) < 4.78 is 0. The number of nitrogens with one attached hydrogen (secondary N) is 1. The molecule has 6 nitrogen and oxygen atoms in total. The Labute approximate surface area is 153 Å². The van der Waals surface area contributed by atoms with Crippen LogP contribution in [-0.4, -0.2) is 17.4 Å². The Hall–Kier alpha value is -2.44. The van der Waals surface area contributed by atoms with E-state index in [9.17, 15) is 14.9 Å². The van der Waals surface area contributed by atoms with E-state index in [1.54, 1.807) is 24.3 Å². The van der Waals surface area contributed by atoms with E-state index in [4.69, 9.17) is 5.73 Å². The quantitative estimate of drug-likeness (QED) is 0.427. The molecule has 0 unspecified atom stereocenters. The molecule has 0 fully saturated rings. The Morgan fingerprint density at radius 2 is 1.60 bits per heavy atom. The summed E-state index contributed by atoms with van der Waals surface area (Å²) in [5.74, 6) is -0.0890. The van der Waals surface area contributed by atoms with Gasteiger partial charge in [0.1, 0.15) is 0 Å². The molecule has 0 saturated carbocycles. The van der Waals surface area contributed by atoms with Gasteiger partial charge in [0, 0.05) is 30.8 Å². The minimum absolute atomic E-state index is 0. The second kappa shape index (κ2) is 10.4. The van der Waals surface area contributed by atoms with Crippen LogP contribution in [0, 0.1) is 10.1 Å². The van der Waals surface area contributed by atoms with Crippen molar-refractivity contribution in [2.75, 3.05) is 6.54 Å². The molecular weight excluding hydrogens is 342 g/mol. The summed E-state index contributed by atoms with van der Waals surface area (Å²) in [5, 5.41) is 13.5. The van der Waals surface area contributed by atoms with Crippen molar-refractivity contribution in [2.45, 2.75) is 25.8 Å². The lowest BCUT2D eigenvalue weighted by atomic mass is 10.1. The average molecular weight is 364 g/mol. The van der Waals surface area contributed by atoms with Crippen LogP contribution in [-0.2, 0) is 13.0 Å². The second-order valence-electron chi connectivity index (χ2n) is 5.54. The van der Waals surface area contributed by atoms with Gasteiger partial charge in [-0.1, -0.05) is 24.3 Å². The van der Waals surface area contributed by atoms with Gasteiger partial charge in [-0.15, -0.1) is 12.4 Å². The van der Waals surface area contributed by atoms with Gasteiger partial charge < -0.3 is 11.1 Å². The molecule has 0 heterocycles. The van der Waals surface area contributed by atoms with Crippen LogP contribution in [0.25, 0.3) is 0 Å². The molecule has 134 valence electrons. The third-order valence-electron chi connectivity index (χ3n) is 3.78. The topological polar surface area (TPSA) is 98.3 Å². The van der Waals surface area contributed by atoms with E-state index in [0.717, 1.165) is 30.4 Å². The molecule has 25 heavy (non-hydrogen) atoms. The van der Waals surface area contributed by atoms with Crippen LogP contribution < -0.4 is 11.1 Å². The zero-order valence-electron chi connectivity index (χ0n) is 13.8. The van der Waals surface area contributed by atoms with E-state index in [0.29, 0.717) is 18.7 Å². The minimum Gasteiger partial charge on any atom is -0.352 e. The van der Waals surface area contributed by atoms with E-state index in [1.807, 2.05) is 12.1 Å². The molecule has 1 amide bonds. The first-order valence-corrected chi connectivity index (χ1v) is 7.90. The molecule has 2 rings (SSSR count). The molecule has 7 heteroatoms. The monoisotopic (exact) mass is 363 g/mol. The van der Waals surface area contributed by atoms with Gasteiger partial charge in [-0.2, -0.15) is 0 Å². The number of hydrogen-bond donors (Lipinski definition) is 2. The van der Waals surface area contributed by atoms with Crippen molar-refractivity contribution in [3.05, 3.63) is 75.3 Å². The number of halogens is 1. The molecule has 3 N–H and O–H groups in total. The molecule has 0 aliphatic rings. The Balaban J connectivity index is 0.00000312. The standard InChI is InChI=1S/C18H21N3O3.ClH/c19-13-15-4-8-16(9-5-15)18(22)20-12-2-1-3-14-6-10-17(11-7-14)21(23)24;/h4-11H,1-3,12-13,19H2,(H,20,22);1H. The normalized spacial score (nSPS) is 9.96. The predicted octanol–water partition coefficient (Wildman–Crippen LogP) is 3.23. The molecule has 0 atom stereocenters. The van der Waals surface area contributed by atoms with Crippen molar-refractivity contribution >= 4 is 24.0 Å². The number of amides is 1. The number of hydrogen-bond acceptors (Lipinski definition) is 4. The van der Waals surface area contributed by atoms with E-state index in [-0.39, 0.29) is 24.0 Å². The summed E-state index contributed by atoms with van der Waals surface area (Å²) in [7, 11) is 0. The van der Waals surface area contributed by atoms with Gasteiger partial charge in [0.25, 0.3) is 11.6 Å². The summed E-state index contributed by atoms with van der Waals surface area (Å²) in [6.45, 7) is 1.06. The summed E-state index contributed by atoms with van der Waals surface area (Å²) in [6.07, 6.45) is 2.59. The summed E-state index contributed by atoms with van der Waals surface area (Å²) in [4.78, 5) is 22.2. The van der Waals surface area contributed by atoms with Crippen molar-refractivity contribution in [3.8, 4) is 0 Å². The van der Waals surface area contributed by atoms with E-state index < -0.39 is 4.92 Å². The number of benzene rings is 2. The number of nitrogens with two attached hydrogens (primary N) is 1. The number of aryl methyl sites for hydroxylation is 1. The fraction of sp³-hybridized carbons (Fsp3) is 0.278. The highest BCUT2D eigenvalue weighted by atomic mass is 35.5. The number of carbonyl (C=O) groups is 1. The van der Waals surface area contributed by atoms with Gasteiger partial charge in [-0.3, -0.25) is 14.9 Å². The number of non-ortho nitro benzene ring substituents is 1. The molecule has 0 aliphatic heterocycles. The van der Waals surface area contributed by atoms with Crippen LogP contribution >= 0.6 is 12.4 Å². The Morgan fingerprint density at radius 1 is 1.00 bits per heavy atom. The molecule has 2 aromatic carbocycles. The zero-order valence-corrected chi connectivity index (χ0v) is 14.6. The summed E-state index contributed by atoms with van der Waals surface area (Å²) in [6, 6.07) is 13.8. The molecular formula is C18H22ClN3O3. The Morgan fingerprint density at radius 3 is 2.16 bits per heavy atom. The molecule has 0 saturated heterocycles. The lowest BCUT2D eigenvalue weighted by molar-refractivity contribution is -0.384. The smallest absolute Gasteiger partial charge is 0.269 e. The molecule has 0 spiro atoms. The third-order valence-corrected chi connectivity index (χ3v) is 3.78. The average Bonchev–Trinajstić information content (AvgIpc) is 2.61. The van der Waals surface area contributed by atoms with Gasteiger partial charge in [-0.05, 0) is 42.5 Å². The fourth-order valence-electron chi connectivity index (χ4n) is 2.33. The highest BCUT2D eigenvalue weighted by molar-refractivity contribution is 5.94. The molecule has 2 aromatic rings. The Bertz CT molecular complexity index is 688. The number of carbonyl (C=O) groups excluding carboxylic acids is 1. The van der Waals surface area contributed by atoms with Crippen molar-refractivity contribution in [1.82, 2.24) is 5.32 Å². The molecule has 0 bridgehead atoms. The maximum Gasteiger partial charge on any atom is 0.269 e. The predicted molar refractivity (Wildman–Crippen MR) is 99.9 cm³/mol. The third kappa shape index (κ3) is 6.52. The van der Waals surface area contributed by atoms with Crippen molar-refractivity contribution in [1.29, 1.82) is 0 Å². The lowest BCUT2D eigenvalue weighted by Crippen LogP contribution is -2.24. The maximum atomic E-state index is 12.0. The van der Waals surface area contributed by atoms with E-state index >= 15 is 0 Å². The first-order chi connectivity index (χ1) is 11.6. The first kappa shape index (κ1) is 20.6. The summed E-state index contributed by atoms with van der Waals surface area (Å²) in [5.41, 5.74) is 8.31. The number of nitrogens with zero attached hydrogens (tertiary/aromatic N) is 1. The van der Waals surface area contributed by atoms with Gasteiger partial charge in [0.05, 0.1) is 4.92 Å². The Kier molecular flexibility index (Phi) is 8.60. The number of nitro groups is 1. The second-order valence-corrected chi connectivity index (χ2v) is 5.54. The molecule has 0 aliphatic carbocycles. The zero-order chi connectivity index (χ0) is 17.4. The largest absolute Gasteiger partial charge is 0.352 e. The fourth-order valence-corrected chi connectivity index (χ4v) is 2.33. The highest BCUT2D eigenvalue weighted by Gasteiger charge is 2.05. The minimum atomic E-state index is -0.403. The van der Waals surface area contributed by atoms with Gasteiger partial charge in [0.2, 0.25) is 0 Å². The number of nitro benzene ring substituents is 1. The van der Waals surface area contributed by atoms with Gasteiger partial charge in [-0.25, -0.2) is 0 Å². The van der Waals surface area contributed by atoms with Crippen LogP contribution in [0.15, 0.2) is 48.5 Å². The van der Waals surface area contributed by atoms with Crippen LogP contribution in [0.2, 0.25) is 0 Å². The SMILES string of the molecule is Cl.NCc1ccc(C(=O)NCCCCc2ccc([N+](=O)[O-])cc2)cc1. The van der Waals surface area contributed by atoms with Crippen molar-refractivity contribution in [3.63, 3.8) is 0 Å². The van der Waals surface area contributed by atoms with E-state index in [2.05, 4.69) is 5.32 Å². The highest BCUT2D eigenvalue weighted by Crippen LogP contribution is 2.13. The van der Waals surface area contributed by atoms with Gasteiger partial charge in [0.15, 0.2) is 0 Å². The van der Waals surface area contributed by atoms with Gasteiger partial charge >= 0.3 is 0 Å². The lowest BCUT2D eigenvalue weighted by Gasteiger charge is -2.06. The van der Waals surface area contributed by atoms with Crippen LogP contribution in [0.4, 0.5) is 5.69 Å². The summed E-state index contributed by atoms with van der Waals surface area (Å²) >= 11 is 0. The number of rotatable bonds is 8.